The summed E-state index contributed by atoms with van der Waals surface area (Å²) < 4.78 is 45.8. The summed E-state index contributed by atoms with van der Waals surface area (Å²) in [5, 5.41) is 0. The standard InChI is InChI=1S/C16H18F3N3O2S/c1-2-24-15(23)21-7-5-11(6-8-21)22-13-4-3-10(16(17,18)19)9-12(13)20-14(22)25/h3-4,9,11H,2,5-8H2,1H3,(H,20,25). The molecule has 0 atom stereocenters. The Hall–Kier alpha value is -2.03. The highest BCUT2D eigenvalue weighted by molar-refractivity contribution is 7.71. The number of rotatable bonds is 2. The molecule has 0 radical (unpaired) electrons. The largest absolute Gasteiger partial charge is 0.450 e. The number of alkyl halides is 3. The van der Waals surface area contributed by atoms with Gasteiger partial charge in [0.25, 0.3) is 0 Å². The first-order valence-electron chi connectivity index (χ1n) is 8.04. The molecule has 0 aliphatic carbocycles. The Bertz CT molecular complexity index is 835. The molecule has 1 aliphatic heterocycles. The number of benzene rings is 1. The van der Waals surface area contributed by atoms with Crippen molar-refractivity contribution in [2.24, 2.45) is 0 Å². The van der Waals surface area contributed by atoms with Gasteiger partial charge in [-0.25, -0.2) is 4.79 Å². The number of H-pyrrole nitrogens is 1. The summed E-state index contributed by atoms with van der Waals surface area (Å²) in [6.07, 6.45) is -3.39. The summed E-state index contributed by atoms with van der Waals surface area (Å²) in [6.45, 7) is 3.14. The van der Waals surface area contributed by atoms with Gasteiger partial charge in [0.05, 0.1) is 23.2 Å². The number of hydrogen-bond donors (Lipinski definition) is 1. The number of fused-ring (bicyclic) bond motifs is 1. The van der Waals surface area contributed by atoms with E-state index in [1.807, 2.05) is 4.57 Å². The molecule has 1 fully saturated rings. The minimum Gasteiger partial charge on any atom is -0.450 e. The molecule has 9 heteroatoms. The van der Waals surface area contributed by atoms with Crippen molar-refractivity contribution in [3.8, 4) is 0 Å². The van der Waals surface area contributed by atoms with Crippen LogP contribution in [-0.2, 0) is 10.9 Å². The Balaban J connectivity index is 1.84. The predicted molar refractivity (Wildman–Crippen MR) is 89.0 cm³/mol. The Morgan fingerprint density at radius 2 is 2.04 bits per heavy atom. The summed E-state index contributed by atoms with van der Waals surface area (Å²) >= 11 is 5.31. The smallest absolute Gasteiger partial charge is 0.416 e. The van der Waals surface area contributed by atoms with Gasteiger partial charge in [-0.3, -0.25) is 0 Å². The lowest BCUT2D eigenvalue weighted by molar-refractivity contribution is -0.137. The van der Waals surface area contributed by atoms with E-state index in [-0.39, 0.29) is 12.1 Å². The molecule has 25 heavy (non-hydrogen) atoms. The molecule has 136 valence electrons. The van der Waals surface area contributed by atoms with Crippen molar-refractivity contribution in [1.82, 2.24) is 14.5 Å². The van der Waals surface area contributed by atoms with E-state index in [9.17, 15) is 18.0 Å². The number of carbonyl (C=O) groups is 1. The third-order valence-electron chi connectivity index (χ3n) is 4.40. The fourth-order valence-electron chi connectivity index (χ4n) is 3.19. The number of nitrogens with zero attached hydrogens (tertiary/aromatic N) is 2. The maximum absolute atomic E-state index is 12.9. The monoisotopic (exact) mass is 373 g/mol. The molecule has 0 spiro atoms. The molecular formula is C16H18F3N3O2S. The van der Waals surface area contributed by atoms with Gasteiger partial charge in [0, 0.05) is 19.1 Å². The third kappa shape index (κ3) is 3.51. The molecular weight excluding hydrogens is 355 g/mol. The fourth-order valence-corrected chi connectivity index (χ4v) is 3.55. The molecule has 1 aromatic heterocycles. The van der Waals surface area contributed by atoms with Gasteiger partial charge in [-0.15, -0.1) is 0 Å². The molecule has 1 aliphatic rings. The minimum absolute atomic E-state index is 0.0312. The molecule has 0 saturated carbocycles. The summed E-state index contributed by atoms with van der Waals surface area (Å²) in [4.78, 5) is 16.3. The Labute approximate surface area is 147 Å². The normalized spacial score (nSPS) is 16.4. The highest BCUT2D eigenvalue weighted by Gasteiger charge is 2.31. The quantitative estimate of drug-likeness (QED) is 0.788. The van der Waals surface area contributed by atoms with Crippen LogP contribution in [0.3, 0.4) is 0 Å². The van der Waals surface area contributed by atoms with Gasteiger partial charge in [-0.2, -0.15) is 13.2 Å². The van der Waals surface area contributed by atoms with Crippen LogP contribution in [-0.4, -0.2) is 40.2 Å². The number of amides is 1. The maximum atomic E-state index is 12.9. The van der Waals surface area contributed by atoms with E-state index in [1.165, 1.54) is 6.07 Å². The lowest BCUT2D eigenvalue weighted by Crippen LogP contribution is -2.39. The second-order valence-corrected chi connectivity index (χ2v) is 6.33. The van der Waals surface area contributed by atoms with Crippen molar-refractivity contribution in [3.63, 3.8) is 0 Å². The highest BCUT2D eigenvalue weighted by atomic mass is 32.1. The molecule has 2 aromatic rings. The van der Waals surface area contributed by atoms with Crippen LogP contribution in [0.4, 0.5) is 18.0 Å². The van der Waals surface area contributed by atoms with E-state index >= 15 is 0 Å². The number of carbonyl (C=O) groups excluding carboxylic acids is 1. The number of piperidine rings is 1. The number of aromatic amines is 1. The van der Waals surface area contributed by atoms with Gasteiger partial charge in [-0.05, 0) is 50.2 Å². The molecule has 1 saturated heterocycles. The summed E-state index contributed by atoms with van der Waals surface area (Å²) in [5.74, 6) is 0. The summed E-state index contributed by atoms with van der Waals surface area (Å²) in [6, 6.07) is 3.62. The zero-order chi connectivity index (χ0) is 18.2. The van der Waals surface area contributed by atoms with Crippen molar-refractivity contribution in [3.05, 3.63) is 28.5 Å². The van der Waals surface area contributed by atoms with Crippen LogP contribution in [0.15, 0.2) is 18.2 Å². The number of aromatic nitrogens is 2. The maximum Gasteiger partial charge on any atom is 0.416 e. The van der Waals surface area contributed by atoms with Crippen molar-refractivity contribution >= 4 is 29.3 Å². The summed E-state index contributed by atoms with van der Waals surface area (Å²) in [7, 11) is 0. The van der Waals surface area contributed by atoms with Crippen LogP contribution in [0.5, 0.6) is 0 Å². The van der Waals surface area contributed by atoms with E-state index < -0.39 is 11.7 Å². The van der Waals surface area contributed by atoms with Crippen LogP contribution >= 0.6 is 12.2 Å². The Morgan fingerprint density at radius 3 is 2.64 bits per heavy atom. The number of imidazole rings is 1. The first kappa shape index (κ1) is 17.8. The third-order valence-corrected chi connectivity index (χ3v) is 4.70. The zero-order valence-corrected chi connectivity index (χ0v) is 14.4. The lowest BCUT2D eigenvalue weighted by atomic mass is 10.0. The Morgan fingerprint density at radius 1 is 1.36 bits per heavy atom. The highest BCUT2D eigenvalue weighted by Crippen LogP contribution is 2.33. The van der Waals surface area contributed by atoms with Crippen LogP contribution in [0.1, 0.15) is 31.4 Å². The molecule has 3 rings (SSSR count). The van der Waals surface area contributed by atoms with Gasteiger partial charge in [0.1, 0.15) is 0 Å². The second-order valence-electron chi connectivity index (χ2n) is 5.95. The molecule has 1 amide bonds. The number of likely N-dealkylation sites (tertiary alicyclic amines) is 1. The van der Waals surface area contributed by atoms with E-state index in [4.69, 9.17) is 17.0 Å². The van der Waals surface area contributed by atoms with Crippen LogP contribution < -0.4 is 0 Å². The van der Waals surface area contributed by atoms with E-state index in [1.54, 1.807) is 11.8 Å². The van der Waals surface area contributed by atoms with E-state index in [0.717, 1.165) is 12.1 Å². The van der Waals surface area contributed by atoms with E-state index in [0.29, 0.717) is 48.3 Å². The predicted octanol–water partition coefficient (Wildman–Crippen LogP) is 4.51. The Kier molecular flexibility index (Phi) is 4.77. The number of hydrogen-bond acceptors (Lipinski definition) is 3. The average Bonchev–Trinajstić information content (AvgIpc) is 2.89. The number of nitrogens with one attached hydrogen (secondary N) is 1. The first-order chi connectivity index (χ1) is 11.8. The average molecular weight is 373 g/mol. The molecule has 0 bridgehead atoms. The van der Waals surface area contributed by atoms with Gasteiger partial charge in [0.15, 0.2) is 4.77 Å². The fraction of sp³-hybridized carbons (Fsp3) is 0.500. The molecule has 1 aromatic carbocycles. The second kappa shape index (κ2) is 6.70. The molecule has 5 nitrogen and oxygen atoms in total. The number of ether oxygens (including phenoxy) is 1. The van der Waals surface area contributed by atoms with Crippen molar-refractivity contribution in [2.45, 2.75) is 32.0 Å². The van der Waals surface area contributed by atoms with Crippen LogP contribution in [0.2, 0.25) is 0 Å². The molecule has 0 unspecified atom stereocenters. The van der Waals surface area contributed by atoms with Gasteiger partial charge < -0.3 is 19.2 Å². The van der Waals surface area contributed by atoms with Gasteiger partial charge >= 0.3 is 12.3 Å². The molecule has 1 N–H and O–H groups in total. The van der Waals surface area contributed by atoms with Gasteiger partial charge in [-0.1, -0.05) is 0 Å². The van der Waals surface area contributed by atoms with Crippen molar-refractivity contribution in [1.29, 1.82) is 0 Å². The van der Waals surface area contributed by atoms with Crippen molar-refractivity contribution in [2.75, 3.05) is 19.7 Å². The number of halogens is 3. The van der Waals surface area contributed by atoms with Crippen LogP contribution in [0.25, 0.3) is 11.0 Å². The summed E-state index contributed by atoms with van der Waals surface area (Å²) in [5.41, 5.74) is 0.306. The lowest BCUT2D eigenvalue weighted by Gasteiger charge is -2.32. The van der Waals surface area contributed by atoms with Crippen LogP contribution in [0, 0.1) is 4.77 Å². The first-order valence-corrected chi connectivity index (χ1v) is 8.45. The van der Waals surface area contributed by atoms with Crippen molar-refractivity contribution < 1.29 is 22.7 Å². The minimum atomic E-state index is -4.39. The topological polar surface area (TPSA) is 50.3 Å². The molecule has 2 heterocycles. The van der Waals surface area contributed by atoms with E-state index in [2.05, 4.69) is 4.98 Å². The SMILES string of the molecule is CCOC(=O)N1CCC(n2c(=S)[nH]c3cc(C(F)(F)F)ccc32)CC1. The zero-order valence-electron chi connectivity index (χ0n) is 13.6. The van der Waals surface area contributed by atoms with Gasteiger partial charge in [0.2, 0.25) is 0 Å².